The molecular formula is C11H14O3. The molecule has 14 heavy (non-hydrogen) atoms. The van der Waals surface area contributed by atoms with Crippen LogP contribution in [0.1, 0.15) is 5.56 Å². The Bertz CT molecular complexity index is 296. The molecule has 1 aromatic carbocycles. The molecule has 1 rings (SSSR count). The third-order valence-electron chi connectivity index (χ3n) is 1.79. The van der Waals surface area contributed by atoms with Crippen LogP contribution in [-0.4, -0.2) is 25.9 Å². The molecule has 0 aliphatic heterocycles. The van der Waals surface area contributed by atoms with E-state index in [2.05, 4.69) is 0 Å². The molecule has 0 amide bonds. The zero-order chi connectivity index (χ0) is 10.4. The van der Waals surface area contributed by atoms with Gasteiger partial charge in [-0.25, -0.2) is 0 Å². The first-order chi connectivity index (χ1) is 6.80. The lowest BCUT2D eigenvalue weighted by molar-refractivity contribution is 0.343. The van der Waals surface area contributed by atoms with Crippen LogP contribution in [0, 0.1) is 0 Å². The van der Waals surface area contributed by atoms with Crippen molar-refractivity contribution in [3.63, 3.8) is 0 Å². The number of hydrogen-bond acceptors (Lipinski definition) is 3. The van der Waals surface area contributed by atoms with E-state index in [1.54, 1.807) is 26.4 Å². The third kappa shape index (κ3) is 2.78. The fourth-order valence-electron chi connectivity index (χ4n) is 1.11. The number of benzene rings is 1. The third-order valence-corrected chi connectivity index (χ3v) is 1.79. The molecule has 3 nitrogen and oxygen atoms in total. The summed E-state index contributed by atoms with van der Waals surface area (Å²) in [7, 11) is 3.21. The zero-order valence-corrected chi connectivity index (χ0v) is 8.36. The van der Waals surface area contributed by atoms with E-state index in [0.29, 0.717) is 0 Å². The van der Waals surface area contributed by atoms with Gasteiger partial charge in [0.2, 0.25) is 0 Å². The van der Waals surface area contributed by atoms with Gasteiger partial charge in [-0.1, -0.05) is 12.2 Å². The summed E-state index contributed by atoms with van der Waals surface area (Å²) in [5, 5.41) is 8.63. The van der Waals surface area contributed by atoms with Gasteiger partial charge < -0.3 is 14.6 Å². The number of hydrogen-bond donors (Lipinski definition) is 1. The van der Waals surface area contributed by atoms with Gasteiger partial charge in [-0.05, 0) is 17.7 Å². The van der Waals surface area contributed by atoms with Crippen molar-refractivity contribution in [2.45, 2.75) is 0 Å². The first-order valence-corrected chi connectivity index (χ1v) is 4.30. The quantitative estimate of drug-likeness (QED) is 0.793. The van der Waals surface area contributed by atoms with Crippen molar-refractivity contribution in [1.82, 2.24) is 0 Å². The Morgan fingerprint density at radius 1 is 1.14 bits per heavy atom. The molecule has 1 N–H and O–H groups in total. The van der Waals surface area contributed by atoms with E-state index < -0.39 is 0 Å². The first-order valence-electron chi connectivity index (χ1n) is 4.30. The zero-order valence-electron chi connectivity index (χ0n) is 8.36. The normalized spacial score (nSPS) is 10.5. The average molecular weight is 194 g/mol. The van der Waals surface area contributed by atoms with Gasteiger partial charge in [-0.3, -0.25) is 0 Å². The maximum Gasteiger partial charge on any atom is 0.123 e. The van der Waals surface area contributed by atoms with E-state index in [4.69, 9.17) is 14.6 Å². The minimum absolute atomic E-state index is 0.0273. The van der Waals surface area contributed by atoms with E-state index >= 15 is 0 Å². The molecule has 0 saturated carbocycles. The second kappa shape index (κ2) is 5.29. The van der Waals surface area contributed by atoms with Gasteiger partial charge in [0, 0.05) is 6.07 Å². The maximum atomic E-state index is 8.63. The van der Waals surface area contributed by atoms with Crippen LogP contribution in [0.4, 0.5) is 0 Å². The van der Waals surface area contributed by atoms with Crippen molar-refractivity contribution >= 4 is 6.08 Å². The predicted molar refractivity (Wildman–Crippen MR) is 55.7 cm³/mol. The van der Waals surface area contributed by atoms with Gasteiger partial charge in [0.1, 0.15) is 11.5 Å². The summed E-state index contributed by atoms with van der Waals surface area (Å²) >= 11 is 0. The molecule has 0 aromatic heterocycles. The second-order valence-corrected chi connectivity index (χ2v) is 2.73. The van der Waals surface area contributed by atoms with Gasteiger partial charge in [0.05, 0.1) is 20.8 Å². The molecule has 0 aliphatic rings. The lowest BCUT2D eigenvalue weighted by Crippen LogP contribution is -1.88. The Labute approximate surface area is 83.6 Å². The lowest BCUT2D eigenvalue weighted by atomic mass is 10.2. The molecule has 0 fully saturated rings. The van der Waals surface area contributed by atoms with E-state index in [1.807, 2.05) is 18.2 Å². The lowest BCUT2D eigenvalue weighted by Gasteiger charge is -2.05. The van der Waals surface area contributed by atoms with Crippen LogP contribution < -0.4 is 9.47 Å². The number of aliphatic hydroxyl groups excluding tert-OH is 1. The van der Waals surface area contributed by atoms with Crippen LogP contribution in [0.5, 0.6) is 11.5 Å². The number of rotatable bonds is 4. The summed E-state index contributed by atoms with van der Waals surface area (Å²) in [5.41, 5.74) is 0.940. The van der Waals surface area contributed by atoms with Gasteiger partial charge in [0.25, 0.3) is 0 Å². The maximum absolute atomic E-state index is 8.63. The highest BCUT2D eigenvalue weighted by Gasteiger charge is 1.98. The topological polar surface area (TPSA) is 38.7 Å². The van der Waals surface area contributed by atoms with Crippen molar-refractivity contribution in [3.05, 3.63) is 29.8 Å². The Morgan fingerprint density at radius 3 is 2.14 bits per heavy atom. The Morgan fingerprint density at radius 2 is 1.71 bits per heavy atom. The van der Waals surface area contributed by atoms with Crippen LogP contribution in [-0.2, 0) is 0 Å². The van der Waals surface area contributed by atoms with E-state index in [-0.39, 0.29) is 6.61 Å². The van der Waals surface area contributed by atoms with Crippen LogP contribution in [0.2, 0.25) is 0 Å². The Hall–Kier alpha value is -1.48. The predicted octanol–water partition coefficient (Wildman–Crippen LogP) is 1.71. The van der Waals surface area contributed by atoms with Crippen molar-refractivity contribution in [3.8, 4) is 11.5 Å². The number of methoxy groups -OCH3 is 2. The molecule has 0 radical (unpaired) electrons. The molecule has 0 heterocycles. The smallest absolute Gasteiger partial charge is 0.123 e. The molecule has 0 aliphatic carbocycles. The van der Waals surface area contributed by atoms with Crippen LogP contribution in [0.15, 0.2) is 24.3 Å². The molecule has 1 aromatic rings. The first kappa shape index (κ1) is 10.6. The molecule has 3 heteroatoms. The average Bonchev–Trinajstić information content (AvgIpc) is 2.25. The monoisotopic (exact) mass is 194 g/mol. The Balaban J connectivity index is 2.98. The van der Waals surface area contributed by atoms with Crippen LogP contribution in [0.3, 0.4) is 0 Å². The summed E-state index contributed by atoms with van der Waals surface area (Å²) in [6.45, 7) is 0.0273. The fraction of sp³-hybridized carbons (Fsp3) is 0.273. The number of aliphatic hydroxyl groups is 1. The van der Waals surface area contributed by atoms with Crippen molar-refractivity contribution in [1.29, 1.82) is 0 Å². The van der Waals surface area contributed by atoms with E-state index in [1.165, 1.54) is 0 Å². The van der Waals surface area contributed by atoms with Crippen molar-refractivity contribution in [2.75, 3.05) is 20.8 Å². The van der Waals surface area contributed by atoms with Crippen molar-refractivity contribution < 1.29 is 14.6 Å². The largest absolute Gasteiger partial charge is 0.497 e. The highest BCUT2D eigenvalue weighted by atomic mass is 16.5. The molecule has 0 unspecified atom stereocenters. The molecular weight excluding hydrogens is 180 g/mol. The molecule has 76 valence electrons. The summed E-state index contributed by atoms with van der Waals surface area (Å²) in [6, 6.07) is 5.54. The van der Waals surface area contributed by atoms with Gasteiger partial charge in [-0.2, -0.15) is 0 Å². The van der Waals surface area contributed by atoms with Crippen molar-refractivity contribution in [2.24, 2.45) is 0 Å². The fourth-order valence-corrected chi connectivity index (χ4v) is 1.11. The van der Waals surface area contributed by atoms with E-state index in [0.717, 1.165) is 17.1 Å². The van der Waals surface area contributed by atoms with Gasteiger partial charge >= 0.3 is 0 Å². The molecule has 0 spiro atoms. The summed E-state index contributed by atoms with van der Waals surface area (Å²) in [6.07, 6.45) is 3.47. The highest BCUT2D eigenvalue weighted by molar-refractivity contribution is 5.55. The summed E-state index contributed by atoms with van der Waals surface area (Å²) in [4.78, 5) is 0. The summed E-state index contributed by atoms with van der Waals surface area (Å²) < 4.78 is 10.2. The van der Waals surface area contributed by atoms with Gasteiger partial charge in [-0.15, -0.1) is 0 Å². The van der Waals surface area contributed by atoms with Crippen LogP contribution in [0.25, 0.3) is 6.08 Å². The Kier molecular flexibility index (Phi) is 4.01. The summed E-state index contributed by atoms with van der Waals surface area (Å²) in [5.74, 6) is 1.48. The SMILES string of the molecule is COc1cc(C=CCO)cc(OC)c1. The van der Waals surface area contributed by atoms with Gasteiger partial charge in [0.15, 0.2) is 0 Å². The standard InChI is InChI=1S/C11H14O3/c1-13-10-6-9(4-3-5-12)7-11(8-10)14-2/h3-4,6-8,12H,5H2,1-2H3. The minimum Gasteiger partial charge on any atom is -0.497 e. The van der Waals surface area contributed by atoms with Crippen LogP contribution >= 0.6 is 0 Å². The highest BCUT2D eigenvalue weighted by Crippen LogP contribution is 2.23. The molecule has 0 bridgehead atoms. The molecule has 0 atom stereocenters. The number of ether oxygens (including phenoxy) is 2. The minimum atomic E-state index is 0.0273. The second-order valence-electron chi connectivity index (χ2n) is 2.73. The van der Waals surface area contributed by atoms with E-state index in [9.17, 15) is 0 Å². The molecule has 0 saturated heterocycles.